The van der Waals surface area contributed by atoms with Crippen molar-refractivity contribution in [2.24, 2.45) is 0 Å². The van der Waals surface area contributed by atoms with Crippen molar-refractivity contribution >= 4 is 0 Å². The molecule has 14 heavy (non-hydrogen) atoms. The molecule has 0 atom stereocenters. The summed E-state index contributed by atoms with van der Waals surface area (Å²) in [6.07, 6.45) is -0.354. The first-order valence-electron chi connectivity index (χ1n) is 4.35. The number of hydrogen-bond acceptors (Lipinski definition) is 5. The lowest BCUT2D eigenvalue weighted by Crippen LogP contribution is -2.36. The van der Waals surface area contributed by atoms with Gasteiger partial charge in [0.15, 0.2) is 12.1 Å². The second kappa shape index (κ2) is 7.14. The molecule has 0 saturated carbocycles. The van der Waals surface area contributed by atoms with Gasteiger partial charge in [-0.15, -0.1) is 0 Å². The molecule has 0 aromatic heterocycles. The molecule has 0 fully saturated rings. The molecule has 0 unspecified atom stereocenters. The molecule has 0 aliphatic rings. The number of hydrogen-bond donors (Lipinski definition) is 0. The highest BCUT2D eigenvalue weighted by molar-refractivity contribution is 4.59. The Morgan fingerprint density at radius 2 is 1.50 bits per heavy atom. The Kier molecular flexibility index (Phi) is 7.04. The third-order valence-corrected chi connectivity index (χ3v) is 2.01. The Bertz CT molecular complexity index is 131. The zero-order chi connectivity index (χ0) is 11.0. The zero-order valence-corrected chi connectivity index (χ0v) is 9.53. The summed E-state index contributed by atoms with van der Waals surface area (Å²) in [6.45, 7) is 2.46. The van der Waals surface area contributed by atoms with Crippen molar-refractivity contribution in [3.63, 3.8) is 0 Å². The van der Waals surface area contributed by atoms with Crippen LogP contribution in [-0.2, 0) is 23.7 Å². The molecular weight excluding hydrogens is 188 g/mol. The summed E-state index contributed by atoms with van der Waals surface area (Å²) in [6, 6.07) is 0. The fourth-order valence-corrected chi connectivity index (χ4v) is 0.774. The van der Waals surface area contributed by atoms with E-state index < -0.39 is 5.79 Å². The van der Waals surface area contributed by atoms with Crippen LogP contribution in [0.2, 0.25) is 0 Å². The van der Waals surface area contributed by atoms with Gasteiger partial charge in [-0.25, -0.2) is 0 Å². The first kappa shape index (κ1) is 13.8. The van der Waals surface area contributed by atoms with Gasteiger partial charge in [-0.2, -0.15) is 0 Å². The maximum atomic E-state index is 5.32. The lowest BCUT2D eigenvalue weighted by atomic mass is 10.3. The minimum Gasteiger partial charge on any atom is -0.371 e. The summed E-state index contributed by atoms with van der Waals surface area (Å²) in [5, 5.41) is 0. The van der Waals surface area contributed by atoms with E-state index in [1.54, 1.807) is 35.4 Å². The molecule has 0 aromatic carbocycles. The minimum absolute atomic E-state index is 0.323. The van der Waals surface area contributed by atoms with Crippen LogP contribution in [0.5, 0.6) is 0 Å². The SMILES string of the molecule is COC(COCC(C)(OC)OC)OC. The molecule has 0 rings (SSSR count). The van der Waals surface area contributed by atoms with Gasteiger partial charge in [0, 0.05) is 28.4 Å². The smallest absolute Gasteiger partial charge is 0.188 e. The normalized spacial score (nSPS) is 12.4. The monoisotopic (exact) mass is 208 g/mol. The predicted molar refractivity (Wildman–Crippen MR) is 51.0 cm³/mol. The maximum absolute atomic E-state index is 5.32. The van der Waals surface area contributed by atoms with Gasteiger partial charge in [-0.05, 0) is 6.92 Å². The van der Waals surface area contributed by atoms with Gasteiger partial charge in [0.2, 0.25) is 0 Å². The van der Waals surface area contributed by atoms with Crippen LogP contribution in [-0.4, -0.2) is 53.7 Å². The molecule has 0 amide bonds. The molecule has 0 aromatic rings. The fourth-order valence-electron chi connectivity index (χ4n) is 0.774. The molecule has 0 heterocycles. The highest BCUT2D eigenvalue weighted by Crippen LogP contribution is 2.10. The van der Waals surface area contributed by atoms with Gasteiger partial charge in [-0.1, -0.05) is 0 Å². The Labute approximate surface area is 85.2 Å². The fraction of sp³-hybridized carbons (Fsp3) is 1.00. The molecule has 0 spiro atoms. The predicted octanol–water partition coefficient (Wildman–Crippen LogP) is 0.631. The van der Waals surface area contributed by atoms with Gasteiger partial charge >= 0.3 is 0 Å². The van der Waals surface area contributed by atoms with Crippen molar-refractivity contribution in [3.05, 3.63) is 0 Å². The number of rotatable bonds is 8. The van der Waals surface area contributed by atoms with E-state index in [4.69, 9.17) is 23.7 Å². The molecular formula is C9H20O5. The largest absolute Gasteiger partial charge is 0.371 e. The Morgan fingerprint density at radius 3 is 1.86 bits per heavy atom. The lowest BCUT2D eigenvalue weighted by Gasteiger charge is -2.26. The first-order valence-corrected chi connectivity index (χ1v) is 4.35. The Hall–Kier alpha value is -0.200. The third-order valence-electron chi connectivity index (χ3n) is 2.01. The van der Waals surface area contributed by atoms with Crippen LogP contribution in [0.15, 0.2) is 0 Å². The molecule has 5 nitrogen and oxygen atoms in total. The summed E-state index contributed by atoms with van der Waals surface area (Å²) in [4.78, 5) is 0. The van der Waals surface area contributed by atoms with Crippen molar-refractivity contribution in [2.45, 2.75) is 19.0 Å². The minimum atomic E-state index is -0.716. The molecule has 0 aliphatic carbocycles. The van der Waals surface area contributed by atoms with Crippen molar-refractivity contribution in [1.82, 2.24) is 0 Å². The zero-order valence-electron chi connectivity index (χ0n) is 9.53. The van der Waals surface area contributed by atoms with E-state index in [1.807, 2.05) is 0 Å². The lowest BCUT2D eigenvalue weighted by molar-refractivity contribution is -0.235. The van der Waals surface area contributed by atoms with Gasteiger partial charge in [0.1, 0.15) is 6.61 Å². The summed E-state index contributed by atoms with van der Waals surface area (Å²) >= 11 is 0. The molecule has 0 radical (unpaired) electrons. The highest BCUT2D eigenvalue weighted by Gasteiger charge is 2.23. The topological polar surface area (TPSA) is 46.2 Å². The Morgan fingerprint density at radius 1 is 1.00 bits per heavy atom. The Balaban J connectivity index is 3.70. The van der Waals surface area contributed by atoms with Crippen LogP contribution in [0.25, 0.3) is 0 Å². The first-order chi connectivity index (χ1) is 6.61. The van der Waals surface area contributed by atoms with E-state index in [0.29, 0.717) is 13.2 Å². The van der Waals surface area contributed by atoms with Crippen LogP contribution in [0.4, 0.5) is 0 Å². The standard InChI is InChI=1S/C9H20O5/c1-9(12-4,13-5)7-14-6-8(10-2)11-3/h8H,6-7H2,1-5H3. The third kappa shape index (κ3) is 4.88. The second-order valence-corrected chi connectivity index (χ2v) is 2.96. The van der Waals surface area contributed by atoms with Gasteiger partial charge in [0.05, 0.1) is 6.61 Å². The average Bonchev–Trinajstić information content (AvgIpc) is 2.24. The molecule has 0 saturated heterocycles. The maximum Gasteiger partial charge on any atom is 0.188 e. The van der Waals surface area contributed by atoms with Crippen molar-refractivity contribution in [3.8, 4) is 0 Å². The van der Waals surface area contributed by atoms with Gasteiger partial charge in [0.25, 0.3) is 0 Å². The molecule has 86 valence electrons. The number of methoxy groups -OCH3 is 4. The van der Waals surface area contributed by atoms with Gasteiger partial charge < -0.3 is 23.7 Å². The van der Waals surface area contributed by atoms with E-state index in [2.05, 4.69) is 0 Å². The quantitative estimate of drug-likeness (QED) is 0.547. The van der Waals surface area contributed by atoms with Crippen molar-refractivity contribution < 1.29 is 23.7 Å². The summed E-state index contributed by atoms with van der Waals surface area (Å²) in [5.74, 6) is -0.716. The summed E-state index contributed by atoms with van der Waals surface area (Å²) < 4.78 is 25.4. The highest BCUT2D eigenvalue weighted by atomic mass is 16.7. The van der Waals surface area contributed by atoms with Crippen LogP contribution in [0.3, 0.4) is 0 Å². The van der Waals surface area contributed by atoms with E-state index in [9.17, 15) is 0 Å². The molecule has 0 N–H and O–H groups in total. The number of ether oxygens (including phenoxy) is 5. The van der Waals surface area contributed by atoms with Gasteiger partial charge in [-0.3, -0.25) is 0 Å². The molecule has 5 heteroatoms. The van der Waals surface area contributed by atoms with Crippen LogP contribution in [0, 0.1) is 0 Å². The van der Waals surface area contributed by atoms with Crippen LogP contribution < -0.4 is 0 Å². The summed E-state index contributed by atoms with van der Waals surface area (Å²) in [5.41, 5.74) is 0. The average molecular weight is 208 g/mol. The van der Waals surface area contributed by atoms with Crippen molar-refractivity contribution in [1.29, 1.82) is 0 Å². The van der Waals surface area contributed by atoms with Crippen LogP contribution >= 0.6 is 0 Å². The van der Waals surface area contributed by atoms with E-state index in [1.165, 1.54) is 0 Å². The molecule has 0 aliphatic heterocycles. The van der Waals surface area contributed by atoms with E-state index in [0.717, 1.165) is 0 Å². The summed E-state index contributed by atoms with van der Waals surface area (Å²) in [7, 11) is 6.25. The van der Waals surface area contributed by atoms with Crippen LogP contribution in [0.1, 0.15) is 6.92 Å². The molecule has 0 bridgehead atoms. The second-order valence-electron chi connectivity index (χ2n) is 2.96. The van der Waals surface area contributed by atoms with Crippen molar-refractivity contribution in [2.75, 3.05) is 41.7 Å². The van der Waals surface area contributed by atoms with E-state index in [-0.39, 0.29) is 6.29 Å². The van der Waals surface area contributed by atoms with E-state index >= 15 is 0 Å².